The molecule has 0 unspecified atom stereocenters. The van der Waals surface area contributed by atoms with Crippen LogP contribution in [-0.4, -0.2) is 15.5 Å². The van der Waals surface area contributed by atoms with E-state index in [-0.39, 0.29) is 5.91 Å². The van der Waals surface area contributed by atoms with E-state index in [1.807, 2.05) is 49.5 Å². The van der Waals surface area contributed by atoms with E-state index >= 15 is 0 Å². The Hall–Kier alpha value is -3.61. The van der Waals surface area contributed by atoms with Gasteiger partial charge in [-0.25, -0.2) is 4.52 Å². The largest absolute Gasteiger partial charge is 0.416 e. The summed E-state index contributed by atoms with van der Waals surface area (Å²) in [5, 5.41) is 7.30. The molecule has 1 amide bonds. The van der Waals surface area contributed by atoms with Crippen LogP contribution in [-0.2, 0) is 12.7 Å². The molecule has 0 atom stereocenters. The van der Waals surface area contributed by atoms with Crippen molar-refractivity contribution in [3.63, 3.8) is 0 Å². The minimum absolute atomic E-state index is 0.204. The molecule has 1 N–H and O–H groups in total. The lowest BCUT2D eigenvalue weighted by Crippen LogP contribution is -2.23. The molecule has 158 valence electrons. The Morgan fingerprint density at radius 2 is 1.58 bits per heavy atom. The van der Waals surface area contributed by atoms with E-state index in [1.54, 1.807) is 11.4 Å². The summed E-state index contributed by atoms with van der Waals surface area (Å²) in [7, 11) is 0. The number of alkyl halides is 3. The number of nitrogens with zero attached hydrogens (tertiary/aromatic N) is 2. The van der Waals surface area contributed by atoms with Crippen molar-refractivity contribution in [2.45, 2.75) is 26.6 Å². The zero-order valence-corrected chi connectivity index (χ0v) is 17.0. The molecule has 31 heavy (non-hydrogen) atoms. The maximum Gasteiger partial charge on any atom is 0.416 e. The number of amides is 1. The molecule has 4 rings (SSSR count). The summed E-state index contributed by atoms with van der Waals surface area (Å²) in [6.07, 6.45) is -2.52. The van der Waals surface area contributed by atoms with Crippen molar-refractivity contribution >= 4 is 11.4 Å². The first-order valence-corrected chi connectivity index (χ1v) is 9.73. The molecule has 0 saturated heterocycles. The van der Waals surface area contributed by atoms with Gasteiger partial charge in [-0.3, -0.25) is 4.79 Å². The van der Waals surface area contributed by atoms with Crippen LogP contribution >= 0.6 is 0 Å². The van der Waals surface area contributed by atoms with E-state index in [0.29, 0.717) is 23.4 Å². The Morgan fingerprint density at radius 3 is 2.19 bits per heavy atom. The monoisotopic (exact) mass is 423 g/mol. The number of hydrogen-bond acceptors (Lipinski definition) is 2. The molecule has 4 aromatic rings. The first-order chi connectivity index (χ1) is 14.7. The van der Waals surface area contributed by atoms with Crippen LogP contribution in [0.2, 0.25) is 0 Å². The van der Waals surface area contributed by atoms with Gasteiger partial charge in [0.25, 0.3) is 5.91 Å². The Kier molecular flexibility index (Phi) is 5.27. The number of hydrogen-bond donors (Lipinski definition) is 1. The van der Waals surface area contributed by atoms with E-state index in [2.05, 4.69) is 10.4 Å². The first-order valence-electron chi connectivity index (χ1n) is 9.73. The van der Waals surface area contributed by atoms with E-state index in [4.69, 9.17) is 0 Å². The van der Waals surface area contributed by atoms with Crippen molar-refractivity contribution in [2.24, 2.45) is 0 Å². The minimum Gasteiger partial charge on any atom is -0.348 e. The van der Waals surface area contributed by atoms with Gasteiger partial charge in [0, 0.05) is 12.7 Å². The number of pyridine rings is 1. The van der Waals surface area contributed by atoms with Crippen molar-refractivity contribution in [2.75, 3.05) is 0 Å². The van der Waals surface area contributed by atoms with Gasteiger partial charge in [-0.15, -0.1) is 0 Å². The molecule has 0 aliphatic carbocycles. The maximum atomic E-state index is 12.8. The number of halogens is 3. The van der Waals surface area contributed by atoms with Gasteiger partial charge in [0.15, 0.2) is 0 Å². The van der Waals surface area contributed by atoms with Crippen LogP contribution in [0.5, 0.6) is 0 Å². The third kappa shape index (κ3) is 4.30. The Bertz CT molecular complexity index is 1240. The highest BCUT2D eigenvalue weighted by molar-refractivity contribution is 6.02. The van der Waals surface area contributed by atoms with Crippen LogP contribution in [0.15, 0.2) is 66.9 Å². The average Bonchev–Trinajstić information content (AvgIpc) is 3.07. The Balaban J connectivity index is 1.46. The van der Waals surface area contributed by atoms with Crippen LogP contribution in [0.25, 0.3) is 16.6 Å². The summed E-state index contributed by atoms with van der Waals surface area (Å²) in [4.78, 5) is 12.8. The highest BCUT2D eigenvalue weighted by Gasteiger charge is 2.29. The number of carbonyl (C=O) groups is 1. The van der Waals surface area contributed by atoms with E-state index in [9.17, 15) is 18.0 Å². The molecular formula is C24H20F3N3O. The summed E-state index contributed by atoms with van der Waals surface area (Å²) in [5.74, 6) is -0.204. The second kappa shape index (κ2) is 7.91. The molecule has 0 aliphatic rings. The first kappa shape index (κ1) is 20.7. The molecule has 7 heteroatoms. The van der Waals surface area contributed by atoms with Gasteiger partial charge in [0.05, 0.1) is 22.3 Å². The Labute approximate surface area is 177 Å². The highest BCUT2D eigenvalue weighted by Crippen LogP contribution is 2.31. The minimum atomic E-state index is -4.35. The SMILES string of the molecule is Cc1ccn2nc(C)c(C(=O)NCc3ccc(-c4ccc(C(F)(F)F)cc4)cc3)c2c1. The van der Waals surface area contributed by atoms with Crippen molar-refractivity contribution in [3.8, 4) is 11.1 Å². The number of carbonyl (C=O) groups excluding carboxylic acids is 1. The predicted molar refractivity (Wildman–Crippen MR) is 113 cm³/mol. The summed E-state index contributed by atoms with van der Waals surface area (Å²) in [6.45, 7) is 4.09. The quantitative estimate of drug-likeness (QED) is 0.467. The molecule has 2 aromatic heterocycles. The van der Waals surface area contributed by atoms with Crippen LogP contribution in [0, 0.1) is 13.8 Å². The summed E-state index contributed by atoms with van der Waals surface area (Å²) in [6, 6.07) is 16.3. The molecule has 0 spiro atoms. The van der Waals surface area contributed by atoms with Gasteiger partial charge in [-0.05, 0) is 60.4 Å². The second-order valence-electron chi connectivity index (χ2n) is 7.45. The molecule has 0 saturated carbocycles. The number of benzene rings is 2. The van der Waals surface area contributed by atoms with Crippen LogP contribution in [0.4, 0.5) is 13.2 Å². The van der Waals surface area contributed by atoms with Crippen LogP contribution in [0.1, 0.15) is 32.7 Å². The normalized spacial score (nSPS) is 11.6. The standard InChI is InChI=1S/C24H20F3N3O/c1-15-11-12-30-21(13-15)22(16(2)29-30)23(31)28-14-17-3-5-18(6-4-17)19-7-9-20(10-8-19)24(25,26)27/h3-13H,14H2,1-2H3,(H,28,31). The third-order valence-corrected chi connectivity index (χ3v) is 5.15. The zero-order chi connectivity index (χ0) is 22.2. The van der Waals surface area contributed by atoms with Gasteiger partial charge in [0.2, 0.25) is 0 Å². The average molecular weight is 423 g/mol. The fraction of sp³-hybridized carbons (Fsp3) is 0.167. The number of rotatable bonds is 4. The van der Waals surface area contributed by atoms with Crippen LogP contribution in [0.3, 0.4) is 0 Å². The lowest BCUT2D eigenvalue weighted by Gasteiger charge is -2.09. The van der Waals surface area contributed by atoms with E-state index < -0.39 is 11.7 Å². The van der Waals surface area contributed by atoms with Crippen LogP contribution < -0.4 is 5.32 Å². The summed E-state index contributed by atoms with van der Waals surface area (Å²) < 4.78 is 39.8. The van der Waals surface area contributed by atoms with Gasteiger partial charge >= 0.3 is 6.18 Å². The fourth-order valence-electron chi connectivity index (χ4n) is 3.49. The predicted octanol–water partition coefficient (Wildman–Crippen LogP) is 5.57. The number of aromatic nitrogens is 2. The second-order valence-corrected chi connectivity index (χ2v) is 7.45. The smallest absolute Gasteiger partial charge is 0.348 e. The molecule has 0 aliphatic heterocycles. The third-order valence-electron chi connectivity index (χ3n) is 5.15. The number of fused-ring (bicyclic) bond motifs is 1. The Morgan fingerprint density at radius 1 is 0.968 bits per heavy atom. The number of aryl methyl sites for hydroxylation is 2. The van der Waals surface area contributed by atoms with Gasteiger partial charge in [-0.2, -0.15) is 18.3 Å². The lowest BCUT2D eigenvalue weighted by molar-refractivity contribution is -0.137. The molecule has 2 aromatic carbocycles. The topological polar surface area (TPSA) is 46.4 Å². The van der Waals surface area contributed by atoms with Gasteiger partial charge in [-0.1, -0.05) is 36.4 Å². The molecule has 0 fully saturated rings. The fourth-order valence-corrected chi connectivity index (χ4v) is 3.49. The summed E-state index contributed by atoms with van der Waals surface area (Å²) >= 11 is 0. The summed E-state index contributed by atoms with van der Waals surface area (Å²) in [5.41, 5.74) is 4.71. The number of nitrogens with one attached hydrogen (secondary N) is 1. The van der Waals surface area contributed by atoms with E-state index in [0.717, 1.165) is 34.3 Å². The van der Waals surface area contributed by atoms with Crippen molar-refractivity contribution < 1.29 is 18.0 Å². The highest BCUT2D eigenvalue weighted by atomic mass is 19.4. The molecule has 4 nitrogen and oxygen atoms in total. The van der Waals surface area contributed by atoms with Crippen molar-refractivity contribution in [3.05, 3.63) is 94.8 Å². The molecular weight excluding hydrogens is 403 g/mol. The zero-order valence-electron chi connectivity index (χ0n) is 17.0. The van der Waals surface area contributed by atoms with Gasteiger partial charge < -0.3 is 5.32 Å². The van der Waals surface area contributed by atoms with E-state index in [1.165, 1.54) is 12.1 Å². The molecule has 0 radical (unpaired) electrons. The maximum absolute atomic E-state index is 12.8. The lowest BCUT2D eigenvalue weighted by atomic mass is 10.0. The van der Waals surface area contributed by atoms with Crippen molar-refractivity contribution in [1.29, 1.82) is 0 Å². The van der Waals surface area contributed by atoms with Gasteiger partial charge in [0.1, 0.15) is 0 Å². The van der Waals surface area contributed by atoms with Crippen molar-refractivity contribution in [1.82, 2.24) is 14.9 Å². The molecule has 2 heterocycles. The molecule has 0 bridgehead atoms.